The zero-order valence-electron chi connectivity index (χ0n) is 10.2. The molecule has 1 aromatic heterocycles. The normalized spacial score (nSPS) is 16.3. The molecule has 96 valence electrons. The number of hydrogen-bond donors (Lipinski definition) is 2. The van der Waals surface area contributed by atoms with Crippen LogP contribution in [0.2, 0.25) is 0 Å². The van der Waals surface area contributed by atoms with E-state index in [-0.39, 0.29) is 11.5 Å². The molecule has 5 heteroatoms. The molecule has 1 aliphatic carbocycles. The highest BCUT2D eigenvalue weighted by Gasteiger charge is 2.15. The molecule has 0 aliphatic heterocycles. The van der Waals surface area contributed by atoms with E-state index in [2.05, 4.69) is 4.98 Å². The van der Waals surface area contributed by atoms with Crippen molar-refractivity contribution in [3.63, 3.8) is 0 Å². The summed E-state index contributed by atoms with van der Waals surface area (Å²) in [4.78, 5) is 25.0. The predicted molar refractivity (Wildman–Crippen MR) is 68.5 cm³/mol. The number of hydrogen-bond acceptors (Lipinski definition) is 3. The Labute approximate surface area is 104 Å². The van der Waals surface area contributed by atoms with Crippen LogP contribution in [-0.2, 0) is 6.54 Å². The number of nitrogens with one attached hydrogen (secondary N) is 1. The third kappa shape index (κ3) is 2.68. The molecule has 1 aromatic rings. The first-order valence-corrected chi connectivity index (χ1v) is 5.91. The van der Waals surface area contributed by atoms with Crippen LogP contribution >= 0.6 is 0 Å². The van der Waals surface area contributed by atoms with E-state index in [1.165, 1.54) is 10.8 Å². The molecule has 1 heterocycles. The Balaban J connectivity index is 2.04. The number of aliphatic hydroxyl groups excluding tert-OH is 1. The van der Waals surface area contributed by atoms with Gasteiger partial charge in [-0.1, -0.05) is 24.3 Å². The third-order valence-electron chi connectivity index (χ3n) is 3.08. The second-order valence-electron chi connectivity index (χ2n) is 4.47. The zero-order valence-corrected chi connectivity index (χ0v) is 10.2. The van der Waals surface area contributed by atoms with E-state index in [4.69, 9.17) is 0 Å². The van der Waals surface area contributed by atoms with E-state index in [0.717, 1.165) is 0 Å². The monoisotopic (exact) mass is 248 g/mol. The van der Waals surface area contributed by atoms with Crippen LogP contribution < -0.4 is 11.2 Å². The highest BCUT2D eigenvalue weighted by molar-refractivity contribution is 5.18. The molecule has 0 fully saturated rings. The number of aromatic amines is 1. The molecule has 0 saturated heterocycles. The van der Waals surface area contributed by atoms with Crippen molar-refractivity contribution in [1.82, 2.24) is 9.55 Å². The lowest BCUT2D eigenvalue weighted by atomic mass is 10.0. The van der Waals surface area contributed by atoms with Gasteiger partial charge < -0.3 is 9.67 Å². The van der Waals surface area contributed by atoms with Gasteiger partial charge in [-0.05, 0) is 13.3 Å². The molecule has 5 nitrogen and oxygen atoms in total. The highest BCUT2D eigenvalue weighted by atomic mass is 16.3. The van der Waals surface area contributed by atoms with Crippen LogP contribution in [0.3, 0.4) is 0 Å². The lowest BCUT2D eigenvalue weighted by Gasteiger charge is -2.15. The van der Waals surface area contributed by atoms with Crippen molar-refractivity contribution in [1.29, 1.82) is 0 Å². The molecule has 0 spiro atoms. The van der Waals surface area contributed by atoms with Gasteiger partial charge in [0.15, 0.2) is 0 Å². The standard InChI is InChI=1S/C13H16N2O3/c1-9-8-15(13(18)14-12(9)17)7-6-11(16)10-4-2-3-5-10/h2-5,8,10-11,16H,6-7H2,1H3,(H,14,17,18). The lowest BCUT2D eigenvalue weighted by molar-refractivity contribution is 0.133. The fourth-order valence-corrected chi connectivity index (χ4v) is 1.95. The Morgan fingerprint density at radius 2 is 2.06 bits per heavy atom. The SMILES string of the molecule is Cc1cn(CCC(O)C2C=CC=C2)c(=O)[nH]c1=O. The third-order valence-corrected chi connectivity index (χ3v) is 3.08. The van der Waals surface area contributed by atoms with Gasteiger partial charge in [-0.2, -0.15) is 0 Å². The molecule has 0 saturated carbocycles. The van der Waals surface area contributed by atoms with Gasteiger partial charge in [-0.15, -0.1) is 0 Å². The minimum atomic E-state index is -0.515. The average Bonchev–Trinajstić information content (AvgIpc) is 2.85. The summed E-state index contributed by atoms with van der Waals surface area (Å²) in [7, 11) is 0. The van der Waals surface area contributed by atoms with Crippen molar-refractivity contribution in [2.75, 3.05) is 0 Å². The average molecular weight is 248 g/mol. The summed E-state index contributed by atoms with van der Waals surface area (Å²) in [5, 5.41) is 9.94. The lowest BCUT2D eigenvalue weighted by Crippen LogP contribution is -2.32. The Bertz CT molecular complexity index is 583. The summed E-state index contributed by atoms with van der Waals surface area (Å²) < 4.78 is 1.42. The number of aliphatic hydroxyl groups is 1. The Morgan fingerprint density at radius 1 is 1.39 bits per heavy atom. The second-order valence-corrected chi connectivity index (χ2v) is 4.47. The number of H-pyrrole nitrogens is 1. The summed E-state index contributed by atoms with van der Waals surface area (Å²) in [6.07, 6.45) is 9.10. The summed E-state index contributed by atoms with van der Waals surface area (Å²) in [6, 6.07) is 0. The van der Waals surface area contributed by atoms with Crippen molar-refractivity contribution in [2.45, 2.75) is 26.0 Å². The topological polar surface area (TPSA) is 75.1 Å². The van der Waals surface area contributed by atoms with Crippen molar-refractivity contribution in [2.24, 2.45) is 5.92 Å². The molecule has 2 N–H and O–H groups in total. The Morgan fingerprint density at radius 3 is 2.72 bits per heavy atom. The maximum absolute atomic E-state index is 11.5. The summed E-state index contributed by atoms with van der Waals surface area (Å²) in [5.41, 5.74) is -0.307. The van der Waals surface area contributed by atoms with Gasteiger partial charge in [0.1, 0.15) is 0 Å². The smallest absolute Gasteiger partial charge is 0.328 e. The first-order valence-electron chi connectivity index (χ1n) is 5.91. The minimum absolute atomic E-state index is 0.0181. The maximum atomic E-state index is 11.5. The first-order chi connectivity index (χ1) is 8.58. The number of rotatable bonds is 4. The number of aryl methyl sites for hydroxylation is 2. The van der Waals surface area contributed by atoms with Gasteiger partial charge in [0.2, 0.25) is 0 Å². The number of allylic oxidation sites excluding steroid dienone is 2. The molecule has 0 amide bonds. The predicted octanol–water partition coefficient (Wildman–Crippen LogP) is 0.338. The van der Waals surface area contributed by atoms with Crippen LogP contribution in [-0.4, -0.2) is 20.8 Å². The first kappa shape index (κ1) is 12.6. The summed E-state index contributed by atoms with van der Waals surface area (Å²) in [6.45, 7) is 2.03. The molecule has 1 unspecified atom stereocenters. The molecule has 0 radical (unpaired) electrons. The largest absolute Gasteiger partial charge is 0.392 e. The van der Waals surface area contributed by atoms with Crippen molar-refractivity contribution < 1.29 is 5.11 Å². The Hall–Kier alpha value is -1.88. The van der Waals surface area contributed by atoms with Crippen LogP contribution in [0.25, 0.3) is 0 Å². The van der Waals surface area contributed by atoms with Gasteiger partial charge in [0.05, 0.1) is 6.10 Å². The van der Waals surface area contributed by atoms with Gasteiger partial charge in [-0.25, -0.2) is 4.79 Å². The fourth-order valence-electron chi connectivity index (χ4n) is 1.95. The van der Waals surface area contributed by atoms with Gasteiger partial charge in [0, 0.05) is 24.2 Å². The zero-order chi connectivity index (χ0) is 13.1. The molecular formula is C13H16N2O3. The molecule has 0 aromatic carbocycles. The van der Waals surface area contributed by atoms with Gasteiger partial charge in [-0.3, -0.25) is 9.78 Å². The van der Waals surface area contributed by atoms with Crippen LogP contribution in [0.1, 0.15) is 12.0 Å². The van der Waals surface area contributed by atoms with Gasteiger partial charge in [0.25, 0.3) is 5.56 Å². The van der Waals surface area contributed by atoms with E-state index < -0.39 is 11.8 Å². The van der Waals surface area contributed by atoms with Crippen LogP contribution in [0.4, 0.5) is 0 Å². The maximum Gasteiger partial charge on any atom is 0.328 e. The summed E-state index contributed by atoms with van der Waals surface area (Å²) in [5.74, 6) is 0.0181. The molecule has 1 aliphatic rings. The van der Waals surface area contributed by atoms with E-state index in [1.807, 2.05) is 24.3 Å². The summed E-state index contributed by atoms with van der Waals surface area (Å²) >= 11 is 0. The molecule has 1 atom stereocenters. The molecule has 2 rings (SSSR count). The molecule has 0 bridgehead atoms. The van der Waals surface area contributed by atoms with Crippen molar-refractivity contribution in [3.8, 4) is 0 Å². The van der Waals surface area contributed by atoms with Crippen LogP contribution in [0.15, 0.2) is 40.1 Å². The minimum Gasteiger partial charge on any atom is -0.392 e. The van der Waals surface area contributed by atoms with Crippen LogP contribution in [0, 0.1) is 12.8 Å². The van der Waals surface area contributed by atoms with E-state index in [0.29, 0.717) is 18.5 Å². The van der Waals surface area contributed by atoms with E-state index >= 15 is 0 Å². The Kier molecular flexibility index (Phi) is 3.62. The molecule has 18 heavy (non-hydrogen) atoms. The van der Waals surface area contributed by atoms with Crippen molar-refractivity contribution in [3.05, 3.63) is 56.9 Å². The second kappa shape index (κ2) is 5.18. The molecular weight excluding hydrogens is 232 g/mol. The quantitative estimate of drug-likeness (QED) is 0.806. The van der Waals surface area contributed by atoms with E-state index in [9.17, 15) is 14.7 Å². The van der Waals surface area contributed by atoms with Gasteiger partial charge >= 0.3 is 5.69 Å². The van der Waals surface area contributed by atoms with E-state index in [1.54, 1.807) is 6.92 Å². The van der Waals surface area contributed by atoms with Crippen molar-refractivity contribution >= 4 is 0 Å². The number of aromatic nitrogens is 2. The van der Waals surface area contributed by atoms with Crippen LogP contribution in [0.5, 0.6) is 0 Å². The fraction of sp³-hybridized carbons (Fsp3) is 0.385. The highest BCUT2D eigenvalue weighted by Crippen LogP contribution is 2.16. The number of nitrogens with zero attached hydrogens (tertiary/aromatic N) is 1.